The molecular weight excluding hydrogens is 310 g/mol. The van der Waals surface area contributed by atoms with Crippen molar-refractivity contribution >= 4 is 27.3 Å². The summed E-state index contributed by atoms with van der Waals surface area (Å²) < 4.78 is 22.7. The van der Waals surface area contributed by atoms with Crippen molar-refractivity contribution in [2.75, 3.05) is 12.8 Å². The summed E-state index contributed by atoms with van der Waals surface area (Å²) in [6, 6.07) is 5.42. The third-order valence-electron chi connectivity index (χ3n) is 4.15. The van der Waals surface area contributed by atoms with Crippen LogP contribution in [-0.4, -0.2) is 31.9 Å². The third kappa shape index (κ3) is 3.09. The summed E-state index contributed by atoms with van der Waals surface area (Å²) in [6.07, 6.45) is 2.91. The Morgan fingerprint density at radius 2 is 2.00 bits per heavy atom. The number of amides is 1. The second-order valence-electron chi connectivity index (χ2n) is 6.01. The molecule has 6 heteroatoms. The quantitative estimate of drug-likeness (QED) is 0.866. The highest BCUT2D eigenvalue weighted by Crippen LogP contribution is 2.38. The molecule has 2 rings (SSSR count). The Morgan fingerprint density at radius 3 is 2.62 bits per heavy atom. The van der Waals surface area contributed by atoms with Gasteiger partial charge in [0.05, 0.1) is 10.1 Å². The lowest BCUT2D eigenvalue weighted by Gasteiger charge is -2.28. The topological polar surface area (TPSA) is 63.2 Å². The summed E-state index contributed by atoms with van der Waals surface area (Å²) in [5.41, 5.74) is 2.23. The van der Waals surface area contributed by atoms with E-state index >= 15 is 0 Å². The fraction of sp³-hybridized carbons (Fsp3) is 0.533. The molecule has 1 aliphatic rings. The van der Waals surface area contributed by atoms with Gasteiger partial charge in [-0.3, -0.25) is 4.79 Å². The molecule has 1 atom stereocenters. The number of sulfone groups is 1. The number of rotatable bonds is 3. The monoisotopic (exact) mass is 329 g/mol. The Kier molecular flexibility index (Phi) is 4.36. The lowest BCUT2D eigenvalue weighted by atomic mass is 9.95. The summed E-state index contributed by atoms with van der Waals surface area (Å²) in [5.74, 6) is -0.120. The van der Waals surface area contributed by atoms with Crippen LogP contribution in [0.3, 0.4) is 0 Å². The number of nitrogens with one attached hydrogen (secondary N) is 1. The van der Waals surface area contributed by atoms with Crippen LogP contribution in [0.2, 0.25) is 0 Å². The van der Waals surface area contributed by atoms with Gasteiger partial charge in [0.1, 0.15) is 0 Å². The van der Waals surface area contributed by atoms with Gasteiger partial charge in [-0.05, 0) is 43.9 Å². The van der Waals surface area contributed by atoms with Gasteiger partial charge in [-0.25, -0.2) is 8.42 Å². The van der Waals surface area contributed by atoms with Crippen molar-refractivity contribution in [3.63, 3.8) is 0 Å². The summed E-state index contributed by atoms with van der Waals surface area (Å²) >= 11 is 6.40. The fourth-order valence-corrected chi connectivity index (χ4v) is 3.48. The normalized spacial score (nSPS) is 17.6. The molecule has 116 valence electrons. The first kappa shape index (κ1) is 16.3. The van der Waals surface area contributed by atoms with Crippen molar-refractivity contribution in [3.05, 3.63) is 34.9 Å². The Labute approximate surface area is 130 Å². The molecule has 1 N–H and O–H groups in total. The molecule has 0 fully saturated rings. The molecule has 0 spiro atoms. The van der Waals surface area contributed by atoms with E-state index in [9.17, 15) is 13.2 Å². The van der Waals surface area contributed by atoms with Crippen LogP contribution in [0, 0.1) is 0 Å². The number of hydrogen-bond acceptors (Lipinski definition) is 3. The molecule has 0 bridgehead atoms. The average molecular weight is 330 g/mol. The number of benzene rings is 1. The second kappa shape index (κ2) is 5.61. The van der Waals surface area contributed by atoms with E-state index in [0.717, 1.165) is 18.4 Å². The van der Waals surface area contributed by atoms with E-state index in [1.54, 1.807) is 19.9 Å². The van der Waals surface area contributed by atoms with Crippen LogP contribution in [0.5, 0.6) is 0 Å². The van der Waals surface area contributed by atoms with E-state index in [1.807, 2.05) is 12.1 Å². The number of carbonyl (C=O) groups excluding carboxylic acids is 1. The molecule has 1 aromatic rings. The van der Waals surface area contributed by atoms with Crippen LogP contribution in [0.15, 0.2) is 18.2 Å². The molecule has 0 aromatic heterocycles. The first-order valence-electron chi connectivity index (χ1n) is 6.89. The lowest BCUT2D eigenvalue weighted by molar-refractivity contribution is 0.0956. The van der Waals surface area contributed by atoms with Gasteiger partial charge < -0.3 is 5.32 Å². The van der Waals surface area contributed by atoms with E-state index in [2.05, 4.69) is 5.32 Å². The van der Waals surface area contributed by atoms with E-state index in [0.29, 0.717) is 17.7 Å². The highest BCUT2D eigenvalue weighted by Gasteiger charge is 2.39. The molecule has 1 amide bonds. The summed E-state index contributed by atoms with van der Waals surface area (Å²) in [6.45, 7) is 3.86. The van der Waals surface area contributed by atoms with Gasteiger partial charge in [0.15, 0.2) is 9.84 Å². The van der Waals surface area contributed by atoms with Crippen molar-refractivity contribution in [3.8, 4) is 0 Å². The largest absolute Gasteiger partial charge is 0.352 e. The molecule has 21 heavy (non-hydrogen) atoms. The Morgan fingerprint density at radius 1 is 1.33 bits per heavy atom. The second-order valence-corrected chi connectivity index (χ2v) is 9.05. The highest BCUT2D eigenvalue weighted by molar-refractivity contribution is 7.92. The van der Waals surface area contributed by atoms with Crippen LogP contribution in [-0.2, 0) is 16.3 Å². The van der Waals surface area contributed by atoms with Crippen LogP contribution in [0.25, 0.3) is 0 Å². The minimum absolute atomic E-state index is 0.120. The van der Waals surface area contributed by atoms with E-state index in [1.165, 1.54) is 6.26 Å². The van der Waals surface area contributed by atoms with Crippen molar-refractivity contribution < 1.29 is 13.2 Å². The highest BCUT2D eigenvalue weighted by atomic mass is 35.5. The summed E-state index contributed by atoms with van der Waals surface area (Å²) in [5, 5.41) is 2.12. The van der Waals surface area contributed by atoms with Gasteiger partial charge in [-0.1, -0.05) is 12.1 Å². The predicted octanol–water partition coefficient (Wildman–Crippen LogP) is 2.47. The minimum Gasteiger partial charge on any atom is -0.352 e. The fourth-order valence-electron chi connectivity index (χ4n) is 2.35. The zero-order valence-corrected chi connectivity index (χ0v) is 14.0. The van der Waals surface area contributed by atoms with Gasteiger partial charge in [0.25, 0.3) is 5.91 Å². The standard InChI is InChI=1S/C15H20ClNO3S/c1-15(2,21(3,19)20)13(16)11-7-6-10-5-4-8-17-14(18)12(10)9-11/h6-7,9,13H,4-5,8H2,1-3H3,(H,17,18). The Hall–Kier alpha value is -1.07. The number of fused-ring (bicyclic) bond motifs is 1. The Balaban J connectivity index is 2.45. The molecule has 0 radical (unpaired) electrons. The van der Waals surface area contributed by atoms with Crippen LogP contribution in [0.1, 0.15) is 47.1 Å². The maximum atomic E-state index is 12.1. The number of carbonyl (C=O) groups is 1. The summed E-state index contributed by atoms with van der Waals surface area (Å²) in [4.78, 5) is 12.1. The first-order chi connectivity index (χ1) is 9.64. The van der Waals surface area contributed by atoms with Crippen molar-refractivity contribution in [1.29, 1.82) is 0 Å². The number of halogens is 1. The molecule has 1 aliphatic heterocycles. The maximum absolute atomic E-state index is 12.1. The number of hydrogen-bond donors (Lipinski definition) is 1. The molecule has 0 aliphatic carbocycles. The van der Waals surface area contributed by atoms with E-state index in [-0.39, 0.29) is 5.91 Å². The van der Waals surface area contributed by atoms with E-state index in [4.69, 9.17) is 11.6 Å². The van der Waals surface area contributed by atoms with Crippen molar-refractivity contribution in [1.82, 2.24) is 5.32 Å². The van der Waals surface area contributed by atoms with Crippen LogP contribution < -0.4 is 5.32 Å². The van der Waals surface area contributed by atoms with Gasteiger partial charge in [0, 0.05) is 18.4 Å². The van der Waals surface area contributed by atoms with Crippen LogP contribution in [0.4, 0.5) is 0 Å². The minimum atomic E-state index is -3.32. The smallest absolute Gasteiger partial charge is 0.251 e. The molecule has 0 saturated heterocycles. The molecular formula is C15H20ClNO3S. The van der Waals surface area contributed by atoms with Crippen molar-refractivity contribution in [2.24, 2.45) is 0 Å². The Bertz CT molecular complexity index is 667. The first-order valence-corrected chi connectivity index (χ1v) is 9.22. The maximum Gasteiger partial charge on any atom is 0.251 e. The van der Waals surface area contributed by atoms with E-state index < -0.39 is 20.0 Å². The lowest BCUT2D eigenvalue weighted by Crippen LogP contribution is -2.35. The average Bonchev–Trinajstić information content (AvgIpc) is 2.58. The van der Waals surface area contributed by atoms with Gasteiger partial charge in [-0.15, -0.1) is 11.6 Å². The molecule has 0 saturated carbocycles. The molecule has 1 unspecified atom stereocenters. The van der Waals surface area contributed by atoms with Crippen LogP contribution >= 0.6 is 11.6 Å². The molecule has 1 heterocycles. The van der Waals surface area contributed by atoms with Gasteiger partial charge in [0.2, 0.25) is 0 Å². The predicted molar refractivity (Wildman–Crippen MR) is 84.6 cm³/mol. The zero-order chi connectivity index (χ0) is 15.8. The van der Waals surface area contributed by atoms with Gasteiger partial charge in [-0.2, -0.15) is 0 Å². The molecule has 4 nitrogen and oxygen atoms in total. The third-order valence-corrected chi connectivity index (χ3v) is 7.22. The van der Waals surface area contributed by atoms with Crippen molar-refractivity contribution in [2.45, 2.75) is 36.8 Å². The van der Waals surface area contributed by atoms with Gasteiger partial charge >= 0.3 is 0 Å². The zero-order valence-electron chi connectivity index (χ0n) is 12.4. The summed E-state index contributed by atoms with van der Waals surface area (Å²) in [7, 11) is -3.32. The number of aryl methyl sites for hydroxylation is 1. The number of alkyl halides is 1. The SMILES string of the molecule is CC(C)(C(Cl)c1ccc2c(c1)C(=O)NCCC2)S(C)(=O)=O. The molecule has 1 aromatic carbocycles.